The van der Waals surface area contributed by atoms with Crippen LogP contribution in [0.3, 0.4) is 0 Å². The van der Waals surface area contributed by atoms with Gasteiger partial charge < -0.3 is 0 Å². The van der Waals surface area contributed by atoms with Crippen LogP contribution in [0.1, 0.15) is 26.7 Å². The van der Waals surface area contributed by atoms with Gasteiger partial charge in [-0.25, -0.2) is 0 Å². The van der Waals surface area contributed by atoms with Crippen LogP contribution in [0.4, 0.5) is 0 Å². The topological polar surface area (TPSA) is 34.1 Å². The van der Waals surface area contributed by atoms with E-state index in [0.717, 1.165) is 0 Å². The Bertz CT molecular complexity index is 278. The van der Waals surface area contributed by atoms with E-state index in [9.17, 15) is 9.59 Å². The second-order valence-electron chi connectivity index (χ2n) is 3.22. The molecule has 64 valence electrons. The van der Waals surface area contributed by atoms with Crippen LogP contribution in [-0.4, -0.2) is 11.6 Å². The Hall–Kier alpha value is -1.18. The summed E-state index contributed by atoms with van der Waals surface area (Å²) in [5, 5.41) is 0. The average Bonchev–Trinajstić information content (AvgIpc) is 2.26. The lowest BCUT2D eigenvalue weighted by Crippen LogP contribution is -1.96. The Balaban J connectivity index is 2.65. The van der Waals surface area contributed by atoms with Gasteiger partial charge in [0.05, 0.1) is 6.42 Å². The molecular formula is C10H12O2. The van der Waals surface area contributed by atoms with E-state index in [2.05, 4.69) is 0 Å². The summed E-state index contributed by atoms with van der Waals surface area (Å²) in [6.45, 7) is 3.95. The number of rotatable bonds is 2. The normalized spacial score (nSPS) is 16.3. The lowest BCUT2D eigenvalue weighted by atomic mass is 10.1. The molecule has 2 heteroatoms. The monoisotopic (exact) mass is 164 g/mol. The molecule has 1 rings (SSSR count). The predicted molar refractivity (Wildman–Crippen MR) is 46.8 cm³/mol. The summed E-state index contributed by atoms with van der Waals surface area (Å²) in [5.41, 5.74) is 1.82. The fraction of sp³-hybridized carbons (Fsp3) is 0.400. The van der Waals surface area contributed by atoms with Gasteiger partial charge in [-0.3, -0.25) is 9.59 Å². The minimum atomic E-state index is -0.0582. The number of allylic oxidation sites excluding steroid dienone is 4. The van der Waals surface area contributed by atoms with Crippen LogP contribution < -0.4 is 0 Å². The van der Waals surface area contributed by atoms with Crippen molar-refractivity contribution in [3.05, 3.63) is 23.3 Å². The van der Waals surface area contributed by atoms with Crippen LogP contribution in [0.25, 0.3) is 0 Å². The van der Waals surface area contributed by atoms with Crippen molar-refractivity contribution in [2.45, 2.75) is 26.7 Å². The van der Waals surface area contributed by atoms with E-state index in [1.54, 1.807) is 0 Å². The van der Waals surface area contributed by atoms with Gasteiger partial charge in [0.2, 0.25) is 0 Å². The molecule has 0 spiro atoms. The smallest absolute Gasteiger partial charge is 0.167 e. The van der Waals surface area contributed by atoms with Gasteiger partial charge in [0.25, 0.3) is 0 Å². The standard InChI is InChI=1S/C10H12O2/c1-7(2)3-4-8-5-9(11)6-10(8)12/h3,5H,4,6H2,1-2H3. The average molecular weight is 164 g/mol. The highest BCUT2D eigenvalue weighted by atomic mass is 16.2. The van der Waals surface area contributed by atoms with E-state index in [1.807, 2.05) is 19.9 Å². The van der Waals surface area contributed by atoms with Crippen molar-refractivity contribution < 1.29 is 9.59 Å². The van der Waals surface area contributed by atoms with Crippen molar-refractivity contribution in [3.63, 3.8) is 0 Å². The Kier molecular flexibility index (Phi) is 2.58. The summed E-state index contributed by atoms with van der Waals surface area (Å²) < 4.78 is 0. The van der Waals surface area contributed by atoms with Gasteiger partial charge >= 0.3 is 0 Å². The largest absolute Gasteiger partial charge is 0.294 e. The third-order valence-corrected chi connectivity index (χ3v) is 1.76. The first kappa shape index (κ1) is 8.91. The molecule has 0 atom stereocenters. The van der Waals surface area contributed by atoms with E-state index < -0.39 is 0 Å². The van der Waals surface area contributed by atoms with Crippen molar-refractivity contribution in [1.82, 2.24) is 0 Å². The number of ketones is 2. The van der Waals surface area contributed by atoms with Crippen molar-refractivity contribution >= 4 is 11.6 Å². The maximum absolute atomic E-state index is 11.1. The molecule has 0 unspecified atom stereocenters. The fourth-order valence-corrected chi connectivity index (χ4v) is 1.08. The zero-order valence-corrected chi connectivity index (χ0v) is 7.39. The van der Waals surface area contributed by atoms with Crippen LogP contribution >= 0.6 is 0 Å². The molecule has 1 aliphatic carbocycles. The molecule has 0 N–H and O–H groups in total. The van der Waals surface area contributed by atoms with Crippen LogP contribution in [0, 0.1) is 0 Å². The lowest BCUT2D eigenvalue weighted by Gasteiger charge is -1.93. The minimum Gasteiger partial charge on any atom is -0.294 e. The molecule has 0 aromatic carbocycles. The van der Waals surface area contributed by atoms with Gasteiger partial charge in [-0.05, 0) is 26.3 Å². The first-order chi connectivity index (χ1) is 5.59. The van der Waals surface area contributed by atoms with Gasteiger partial charge in [0.15, 0.2) is 11.6 Å². The Labute approximate surface area is 72.0 Å². The zero-order valence-electron chi connectivity index (χ0n) is 7.39. The predicted octanol–water partition coefficient (Wildman–Crippen LogP) is 1.81. The molecule has 12 heavy (non-hydrogen) atoms. The second-order valence-corrected chi connectivity index (χ2v) is 3.22. The van der Waals surface area contributed by atoms with E-state index in [-0.39, 0.29) is 18.0 Å². The maximum Gasteiger partial charge on any atom is 0.167 e. The molecular weight excluding hydrogens is 152 g/mol. The zero-order chi connectivity index (χ0) is 9.14. The third kappa shape index (κ3) is 2.16. The molecule has 2 nitrogen and oxygen atoms in total. The Morgan fingerprint density at radius 3 is 2.58 bits per heavy atom. The van der Waals surface area contributed by atoms with Gasteiger partial charge in [-0.15, -0.1) is 0 Å². The van der Waals surface area contributed by atoms with Gasteiger partial charge in [0.1, 0.15) is 0 Å². The second kappa shape index (κ2) is 3.48. The number of hydrogen-bond acceptors (Lipinski definition) is 2. The summed E-state index contributed by atoms with van der Waals surface area (Å²) in [6.07, 6.45) is 4.10. The summed E-state index contributed by atoms with van der Waals surface area (Å²) in [7, 11) is 0. The van der Waals surface area contributed by atoms with E-state index in [1.165, 1.54) is 11.6 Å². The molecule has 0 amide bonds. The van der Waals surface area contributed by atoms with Gasteiger partial charge in [0, 0.05) is 5.57 Å². The number of carbonyl (C=O) groups is 2. The van der Waals surface area contributed by atoms with Gasteiger partial charge in [-0.2, -0.15) is 0 Å². The molecule has 0 aromatic heterocycles. The van der Waals surface area contributed by atoms with Crippen LogP contribution in [0.15, 0.2) is 23.3 Å². The molecule has 0 saturated carbocycles. The van der Waals surface area contributed by atoms with Crippen LogP contribution in [-0.2, 0) is 9.59 Å². The highest BCUT2D eigenvalue weighted by molar-refractivity contribution is 6.19. The highest BCUT2D eigenvalue weighted by Crippen LogP contribution is 2.15. The van der Waals surface area contributed by atoms with Gasteiger partial charge in [-0.1, -0.05) is 11.6 Å². The SMILES string of the molecule is CC(C)=CCC1=CC(=O)CC1=O. The Morgan fingerprint density at radius 1 is 1.50 bits per heavy atom. The molecule has 0 aromatic rings. The number of carbonyl (C=O) groups excluding carboxylic acids is 2. The molecule has 0 fully saturated rings. The molecule has 1 aliphatic rings. The van der Waals surface area contributed by atoms with Crippen molar-refractivity contribution in [1.29, 1.82) is 0 Å². The highest BCUT2D eigenvalue weighted by Gasteiger charge is 2.19. The van der Waals surface area contributed by atoms with Crippen molar-refractivity contribution in [2.24, 2.45) is 0 Å². The maximum atomic E-state index is 11.1. The first-order valence-corrected chi connectivity index (χ1v) is 3.99. The lowest BCUT2D eigenvalue weighted by molar-refractivity contribution is -0.120. The van der Waals surface area contributed by atoms with E-state index >= 15 is 0 Å². The van der Waals surface area contributed by atoms with Crippen LogP contribution in [0.2, 0.25) is 0 Å². The molecule has 0 saturated heterocycles. The van der Waals surface area contributed by atoms with E-state index in [4.69, 9.17) is 0 Å². The summed E-state index contributed by atoms with van der Waals surface area (Å²) >= 11 is 0. The Morgan fingerprint density at radius 2 is 2.17 bits per heavy atom. The van der Waals surface area contributed by atoms with Crippen molar-refractivity contribution in [3.8, 4) is 0 Å². The third-order valence-electron chi connectivity index (χ3n) is 1.76. The van der Waals surface area contributed by atoms with Crippen LogP contribution in [0.5, 0.6) is 0 Å². The summed E-state index contributed by atoms with van der Waals surface area (Å²) in [6, 6.07) is 0. The molecule has 0 aliphatic heterocycles. The summed E-state index contributed by atoms with van der Waals surface area (Å²) in [4.78, 5) is 21.9. The molecule has 0 radical (unpaired) electrons. The fourth-order valence-electron chi connectivity index (χ4n) is 1.08. The molecule has 0 heterocycles. The summed E-state index contributed by atoms with van der Waals surface area (Å²) in [5.74, 6) is -0.0744. The minimum absolute atomic E-state index is 0.0162. The molecule has 0 bridgehead atoms. The number of hydrogen-bond donors (Lipinski definition) is 0. The van der Waals surface area contributed by atoms with Crippen molar-refractivity contribution in [2.75, 3.05) is 0 Å². The van der Waals surface area contributed by atoms with E-state index in [0.29, 0.717) is 12.0 Å². The first-order valence-electron chi connectivity index (χ1n) is 3.99. The quantitative estimate of drug-likeness (QED) is 0.460. The number of Topliss-reactive ketones (excluding diaryl/α,β-unsaturated/α-hetero) is 1.